The van der Waals surface area contributed by atoms with E-state index in [1.165, 1.54) is 22.2 Å². The second-order valence-corrected chi connectivity index (χ2v) is 5.37. The fourth-order valence-corrected chi connectivity index (χ4v) is 2.72. The Morgan fingerprint density at radius 1 is 1.28 bits per heavy atom. The normalized spacial score (nSPS) is 12.4. The average Bonchev–Trinajstić information content (AvgIpc) is 2.89. The second-order valence-electron chi connectivity index (χ2n) is 3.54. The fourth-order valence-electron chi connectivity index (χ4n) is 1.53. The van der Waals surface area contributed by atoms with Gasteiger partial charge in [-0.05, 0) is 23.8 Å². The average molecular weight is 298 g/mol. The van der Waals surface area contributed by atoms with Crippen LogP contribution in [0.2, 0.25) is 10.0 Å². The van der Waals surface area contributed by atoms with Crippen molar-refractivity contribution in [1.29, 1.82) is 0 Å². The molecule has 3 aromatic rings. The molecule has 0 saturated carbocycles. The zero-order chi connectivity index (χ0) is 12.7. The summed E-state index contributed by atoms with van der Waals surface area (Å²) in [6, 6.07) is 5.19. The van der Waals surface area contributed by atoms with Gasteiger partial charge in [-0.1, -0.05) is 40.6 Å². The molecule has 18 heavy (non-hydrogen) atoms. The lowest BCUT2D eigenvalue weighted by Crippen LogP contribution is -2.23. The van der Waals surface area contributed by atoms with Crippen molar-refractivity contribution in [2.24, 2.45) is 0 Å². The molecule has 0 spiro atoms. The van der Waals surface area contributed by atoms with Crippen LogP contribution >= 0.6 is 34.5 Å². The van der Waals surface area contributed by atoms with Gasteiger partial charge in [0.05, 0.1) is 14.6 Å². The van der Waals surface area contributed by atoms with Crippen LogP contribution in [0.3, 0.4) is 0 Å². The molecule has 0 fully saturated rings. The lowest BCUT2D eigenvalue weighted by atomic mass is 10.2. The van der Waals surface area contributed by atoms with Gasteiger partial charge >= 0.3 is 0 Å². The van der Waals surface area contributed by atoms with Crippen LogP contribution in [0.1, 0.15) is 5.56 Å². The zero-order valence-corrected chi connectivity index (χ0v) is 11.1. The van der Waals surface area contributed by atoms with Crippen LogP contribution in [0, 0.1) is 0 Å². The Labute approximate surface area is 115 Å². The van der Waals surface area contributed by atoms with Gasteiger partial charge in [-0.2, -0.15) is 9.61 Å². The van der Waals surface area contributed by atoms with Crippen LogP contribution in [0.5, 0.6) is 0 Å². The second kappa shape index (κ2) is 4.35. The van der Waals surface area contributed by atoms with Crippen molar-refractivity contribution >= 4 is 45.6 Å². The number of halogens is 2. The molecule has 0 aliphatic carbocycles. The largest absolute Gasteiger partial charge is 0.291 e. The predicted molar refractivity (Wildman–Crippen MR) is 72.4 cm³/mol. The first kappa shape index (κ1) is 11.6. The van der Waals surface area contributed by atoms with Crippen molar-refractivity contribution in [3.63, 3.8) is 0 Å². The first-order chi connectivity index (χ1) is 8.65. The molecular weight excluding hydrogens is 293 g/mol. The molecule has 90 valence electrons. The molecule has 0 aliphatic rings. The first-order valence-corrected chi connectivity index (χ1v) is 6.52. The maximum Gasteiger partial charge on any atom is 0.291 e. The quantitative estimate of drug-likeness (QED) is 0.690. The van der Waals surface area contributed by atoms with Gasteiger partial charge in [-0.15, -0.1) is 0 Å². The summed E-state index contributed by atoms with van der Waals surface area (Å²) in [7, 11) is 0. The Hall–Kier alpha value is -1.43. The van der Waals surface area contributed by atoms with Crippen molar-refractivity contribution in [3.05, 3.63) is 55.0 Å². The fraction of sp³-hybridized carbons (Fsp3) is 0. The zero-order valence-electron chi connectivity index (χ0n) is 8.80. The minimum Gasteiger partial charge on any atom is -0.266 e. The highest BCUT2D eigenvalue weighted by Crippen LogP contribution is 2.22. The molecular formula is C11H5Cl2N3OS. The van der Waals surface area contributed by atoms with E-state index in [4.69, 9.17) is 23.2 Å². The number of nitrogens with zero attached hydrogens (tertiary/aromatic N) is 3. The van der Waals surface area contributed by atoms with Crippen molar-refractivity contribution in [1.82, 2.24) is 14.6 Å². The van der Waals surface area contributed by atoms with Gasteiger partial charge in [0.25, 0.3) is 5.56 Å². The van der Waals surface area contributed by atoms with Crippen LogP contribution in [0.25, 0.3) is 11.0 Å². The number of benzene rings is 1. The third-order valence-electron chi connectivity index (χ3n) is 2.36. The molecule has 0 N–H and O–H groups in total. The number of rotatable bonds is 1. The highest BCUT2D eigenvalue weighted by Gasteiger charge is 2.05. The van der Waals surface area contributed by atoms with E-state index in [0.29, 0.717) is 19.5 Å². The van der Waals surface area contributed by atoms with Crippen molar-refractivity contribution in [2.45, 2.75) is 0 Å². The number of thiazole rings is 1. The Morgan fingerprint density at radius 3 is 2.83 bits per heavy atom. The van der Waals surface area contributed by atoms with Crippen LogP contribution in [0.4, 0.5) is 0 Å². The number of hydrogen-bond acceptors (Lipinski definition) is 4. The van der Waals surface area contributed by atoms with Gasteiger partial charge in [0.2, 0.25) is 4.96 Å². The maximum absolute atomic E-state index is 11.9. The molecule has 0 bridgehead atoms. The van der Waals surface area contributed by atoms with Gasteiger partial charge < -0.3 is 0 Å². The SMILES string of the molecule is O=c1/c(=C/c2ccc(Cl)c(Cl)c2)sc2ncnn12. The molecule has 2 aromatic heterocycles. The molecule has 0 amide bonds. The third kappa shape index (κ3) is 1.90. The van der Waals surface area contributed by atoms with E-state index >= 15 is 0 Å². The lowest BCUT2D eigenvalue weighted by Gasteiger charge is -1.96. The Kier molecular flexibility index (Phi) is 2.81. The van der Waals surface area contributed by atoms with Crippen molar-refractivity contribution in [2.75, 3.05) is 0 Å². The summed E-state index contributed by atoms with van der Waals surface area (Å²) in [6.45, 7) is 0. The summed E-state index contributed by atoms with van der Waals surface area (Å²) in [6.07, 6.45) is 3.10. The smallest absolute Gasteiger partial charge is 0.266 e. The number of aromatic nitrogens is 3. The minimum absolute atomic E-state index is 0.182. The standard InChI is InChI=1S/C11H5Cl2N3OS/c12-7-2-1-6(3-8(7)13)4-9-10(17)16-11(18-9)14-5-15-16/h1-5H/b9-4-. The molecule has 1 aromatic carbocycles. The summed E-state index contributed by atoms with van der Waals surface area (Å²) >= 11 is 13.0. The van der Waals surface area contributed by atoms with Gasteiger partial charge in [-0.25, -0.2) is 4.98 Å². The van der Waals surface area contributed by atoms with E-state index in [-0.39, 0.29) is 5.56 Å². The van der Waals surface area contributed by atoms with Crippen molar-refractivity contribution in [3.8, 4) is 0 Å². The maximum atomic E-state index is 11.9. The predicted octanol–water partition coefficient (Wildman–Crippen LogP) is 2.01. The molecule has 0 atom stereocenters. The summed E-state index contributed by atoms with van der Waals surface area (Å²) in [5.41, 5.74) is 0.629. The van der Waals surface area contributed by atoms with E-state index in [0.717, 1.165) is 5.56 Å². The third-order valence-corrected chi connectivity index (χ3v) is 4.07. The monoisotopic (exact) mass is 297 g/mol. The molecule has 7 heteroatoms. The molecule has 3 rings (SSSR count). The summed E-state index contributed by atoms with van der Waals surface area (Å²) in [4.78, 5) is 16.5. The van der Waals surface area contributed by atoms with E-state index in [1.807, 2.05) is 0 Å². The Morgan fingerprint density at radius 2 is 2.11 bits per heavy atom. The number of hydrogen-bond donors (Lipinski definition) is 0. The molecule has 2 heterocycles. The van der Waals surface area contributed by atoms with Gasteiger partial charge in [0, 0.05) is 0 Å². The summed E-state index contributed by atoms with van der Waals surface area (Å²) in [5.74, 6) is 0. The number of fused-ring (bicyclic) bond motifs is 1. The van der Waals surface area contributed by atoms with E-state index in [9.17, 15) is 4.79 Å². The van der Waals surface area contributed by atoms with Crippen LogP contribution in [0.15, 0.2) is 29.3 Å². The lowest BCUT2D eigenvalue weighted by molar-refractivity contribution is 0.932. The van der Waals surface area contributed by atoms with E-state index < -0.39 is 0 Å². The van der Waals surface area contributed by atoms with E-state index in [1.54, 1.807) is 24.3 Å². The summed E-state index contributed by atoms with van der Waals surface area (Å²) < 4.78 is 1.83. The molecule has 0 radical (unpaired) electrons. The summed E-state index contributed by atoms with van der Waals surface area (Å²) in [5, 5.41) is 4.79. The van der Waals surface area contributed by atoms with Crippen molar-refractivity contribution < 1.29 is 0 Å². The minimum atomic E-state index is -0.182. The highest BCUT2D eigenvalue weighted by atomic mass is 35.5. The van der Waals surface area contributed by atoms with Gasteiger partial charge in [-0.3, -0.25) is 4.79 Å². The molecule has 0 unspecified atom stereocenters. The van der Waals surface area contributed by atoms with Crippen LogP contribution < -0.4 is 10.1 Å². The highest BCUT2D eigenvalue weighted by molar-refractivity contribution is 7.15. The first-order valence-electron chi connectivity index (χ1n) is 4.94. The van der Waals surface area contributed by atoms with E-state index in [2.05, 4.69) is 10.1 Å². The molecule has 0 aliphatic heterocycles. The Bertz CT molecular complexity index is 840. The van der Waals surface area contributed by atoms with Gasteiger partial charge in [0.15, 0.2) is 0 Å². The van der Waals surface area contributed by atoms with Gasteiger partial charge in [0.1, 0.15) is 6.33 Å². The topological polar surface area (TPSA) is 47.3 Å². The molecule has 0 saturated heterocycles. The molecule has 4 nitrogen and oxygen atoms in total. The van der Waals surface area contributed by atoms with Crippen LogP contribution in [-0.4, -0.2) is 14.6 Å². The van der Waals surface area contributed by atoms with Crippen LogP contribution in [-0.2, 0) is 0 Å². The Balaban J connectivity index is 2.21.